The molecule has 2 aliphatic heterocycles. The minimum atomic E-state index is -4.01. The molecule has 0 spiro atoms. The van der Waals surface area contributed by atoms with Gasteiger partial charge in [0.2, 0.25) is 5.91 Å². The van der Waals surface area contributed by atoms with E-state index in [0.717, 1.165) is 5.56 Å². The first-order chi connectivity index (χ1) is 18.9. The first-order valence-electron chi connectivity index (χ1n) is 12.4. The summed E-state index contributed by atoms with van der Waals surface area (Å²) in [6.07, 6.45) is -0.971. The van der Waals surface area contributed by atoms with E-state index in [9.17, 15) is 18.0 Å². The molecule has 2 fully saturated rings. The van der Waals surface area contributed by atoms with Gasteiger partial charge in [0, 0.05) is 0 Å². The molecule has 4 aromatic rings. The topological polar surface area (TPSA) is 93.2 Å². The van der Waals surface area contributed by atoms with E-state index in [-0.39, 0.29) is 29.0 Å². The first-order valence-corrected chi connectivity index (χ1v) is 13.8. The molecule has 2 saturated heterocycles. The lowest BCUT2D eigenvalue weighted by molar-refractivity contribution is -0.143. The lowest BCUT2D eigenvalue weighted by atomic mass is 9.90. The van der Waals surface area contributed by atoms with Crippen molar-refractivity contribution < 1.29 is 27.0 Å². The van der Waals surface area contributed by atoms with Gasteiger partial charge in [-0.2, -0.15) is 8.42 Å². The molecule has 0 saturated carbocycles. The van der Waals surface area contributed by atoms with E-state index in [0.29, 0.717) is 11.3 Å². The Balaban J connectivity index is 1.31. The number of carbonyl (C=O) groups excluding carboxylic acids is 2. The predicted molar refractivity (Wildman–Crippen MR) is 143 cm³/mol. The number of rotatable bonds is 7. The average Bonchev–Trinajstić information content (AvgIpc) is 3.47. The molecule has 9 heteroatoms. The van der Waals surface area contributed by atoms with Crippen LogP contribution in [0.3, 0.4) is 0 Å². The van der Waals surface area contributed by atoms with Gasteiger partial charge in [-0.15, -0.1) is 0 Å². The van der Waals surface area contributed by atoms with Crippen LogP contribution in [0.2, 0.25) is 0 Å². The molecule has 3 unspecified atom stereocenters. The summed E-state index contributed by atoms with van der Waals surface area (Å²) in [5, 5.41) is 1.60. The highest BCUT2D eigenvalue weighted by molar-refractivity contribution is 7.87. The molecular formula is C30H24N2O6S. The van der Waals surface area contributed by atoms with Gasteiger partial charge in [-0.3, -0.25) is 19.3 Å². The Morgan fingerprint density at radius 2 is 1.31 bits per heavy atom. The molecule has 3 atom stereocenters. The number of nitrogens with zero attached hydrogens (tertiary/aromatic N) is 2. The molecule has 2 aliphatic rings. The Morgan fingerprint density at radius 3 is 1.95 bits per heavy atom. The number of carbonyl (C=O) groups is 2. The highest BCUT2D eigenvalue weighted by atomic mass is 32.2. The zero-order valence-electron chi connectivity index (χ0n) is 20.7. The summed E-state index contributed by atoms with van der Waals surface area (Å²) in [5.74, 6) is -1.35. The number of amides is 2. The summed E-state index contributed by atoms with van der Waals surface area (Å²) in [7, 11) is -4.01. The number of hydrogen-bond donors (Lipinski definition) is 0. The van der Waals surface area contributed by atoms with Crippen molar-refractivity contribution in [1.82, 2.24) is 4.90 Å². The summed E-state index contributed by atoms with van der Waals surface area (Å²) in [4.78, 5) is 34.5. The van der Waals surface area contributed by atoms with Crippen LogP contribution in [0.5, 0.6) is 5.75 Å². The largest absolute Gasteiger partial charge is 0.379 e. The molecule has 8 nitrogen and oxygen atoms in total. The standard InChI is InChI=1S/C30H24N2O6S/c33-29-26-27(22-16-18-24(19-17-22)38-39(35,36)25-14-8-3-9-15-25)32(23-12-6-2-7-13-23)37-28(26)30(34)31(29)20-21-10-4-1-5-11-21/h1-19,26-28H,20H2. The number of hydrogen-bond acceptors (Lipinski definition) is 7. The van der Waals surface area contributed by atoms with E-state index in [4.69, 9.17) is 9.02 Å². The van der Waals surface area contributed by atoms with Crippen LogP contribution in [0, 0.1) is 5.92 Å². The third-order valence-corrected chi connectivity index (χ3v) is 8.12. The van der Waals surface area contributed by atoms with Crippen LogP contribution in [-0.2, 0) is 31.1 Å². The smallest absolute Gasteiger partial charge is 0.339 e. The summed E-state index contributed by atoms with van der Waals surface area (Å²) in [6, 6.07) is 32.3. The molecule has 2 amide bonds. The summed E-state index contributed by atoms with van der Waals surface area (Å²) in [6.45, 7) is 0.164. The van der Waals surface area contributed by atoms with E-state index in [1.165, 1.54) is 29.2 Å². The van der Waals surface area contributed by atoms with Gasteiger partial charge in [-0.25, -0.2) is 5.06 Å². The maximum atomic E-state index is 13.7. The third-order valence-electron chi connectivity index (χ3n) is 6.86. The van der Waals surface area contributed by atoms with Crippen molar-refractivity contribution in [2.75, 3.05) is 5.06 Å². The Bertz CT molecular complexity index is 1600. The van der Waals surface area contributed by atoms with Crippen molar-refractivity contribution in [2.24, 2.45) is 5.92 Å². The highest BCUT2D eigenvalue weighted by Crippen LogP contribution is 2.47. The zero-order valence-corrected chi connectivity index (χ0v) is 21.5. The van der Waals surface area contributed by atoms with Crippen molar-refractivity contribution in [1.29, 1.82) is 0 Å². The number of anilines is 1. The van der Waals surface area contributed by atoms with E-state index < -0.39 is 28.2 Å². The second-order valence-electron chi connectivity index (χ2n) is 9.33. The summed E-state index contributed by atoms with van der Waals surface area (Å²) < 4.78 is 30.6. The Hall–Kier alpha value is -4.47. The van der Waals surface area contributed by atoms with Crippen LogP contribution in [0.1, 0.15) is 17.2 Å². The monoisotopic (exact) mass is 540 g/mol. The van der Waals surface area contributed by atoms with Crippen molar-refractivity contribution in [3.05, 3.63) is 126 Å². The Kier molecular flexibility index (Phi) is 6.38. The lowest BCUT2D eigenvalue weighted by Gasteiger charge is -2.28. The van der Waals surface area contributed by atoms with Crippen LogP contribution < -0.4 is 9.25 Å². The zero-order chi connectivity index (χ0) is 27.0. The molecule has 0 N–H and O–H groups in total. The Labute approximate surface area is 226 Å². The minimum absolute atomic E-state index is 0.0462. The third kappa shape index (κ3) is 4.67. The minimum Gasteiger partial charge on any atom is -0.379 e. The fourth-order valence-corrected chi connectivity index (χ4v) is 5.96. The van der Waals surface area contributed by atoms with Gasteiger partial charge in [-0.05, 0) is 47.5 Å². The Morgan fingerprint density at radius 1 is 0.718 bits per heavy atom. The first kappa shape index (κ1) is 24.8. The summed E-state index contributed by atoms with van der Waals surface area (Å²) >= 11 is 0. The van der Waals surface area contributed by atoms with Crippen molar-refractivity contribution >= 4 is 27.6 Å². The molecule has 0 bridgehead atoms. The van der Waals surface area contributed by atoms with Gasteiger partial charge in [-0.1, -0.05) is 78.9 Å². The molecular weight excluding hydrogens is 516 g/mol. The average molecular weight is 541 g/mol. The van der Waals surface area contributed by atoms with E-state index in [1.54, 1.807) is 35.4 Å². The van der Waals surface area contributed by atoms with Gasteiger partial charge < -0.3 is 4.18 Å². The van der Waals surface area contributed by atoms with Crippen LogP contribution in [-0.4, -0.2) is 31.2 Å². The molecule has 0 aliphatic carbocycles. The van der Waals surface area contributed by atoms with Gasteiger partial charge in [0.15, 0.2) is 6.10 Å². The van der Waals surface area contributed by atoms with Crippen LogP contribution >= 0.6 is 0 Å². The normalized spacial score (nSPS) is 20.8. The van der Waals surface area contributed by atoms with Gasteiger partial charge >= 0.3 is 10.1 Å². The fourth-order valence-electron chi connectivity index (χ4n) is 5.01. The molecule has 6 rings (SSSR count). The van der Waals surface area contributed by atoms with Gasteiger partial charge in [0.25, 0.3) is 5.91 Å². The second kappa shape index (κ2) is 10.0. The molecule has 196 valence electrons. The number of likely N-dealkylation sites (tertiary alicyclic amines) is 1. The van der Waals surface area contributed by atoms with Gasteiger partial charge in [0.05, 0.1) is 18.3 Å². The molecule has 0 aromatic heterocycles. The quantitative estimate of drug-likeness (QED) is 0.252. The highest BCUT2D eigenvalue weighted by Gasteiger charge is 2.59. The number of para-hydroxylation sites is 1. The lowest BCUT2D eigenvalue weighted by Crippen LogP contribution is -2.36. The summed E-state index contributed by atoms with van der Waals surface area (Å²) in [5.41, 5.74) is 2.22. The molecule has 4 aromatic carbocycles. The molecule has 39 heavy (non-hydrogen) atoms. The maximum absolute atomic E-state index is 13.7. The van der Waals surface area contributed by atoms with Crippen molar-refractivity contribution in [3.63, 3.8) is 0 Å². The fraction of sp³-hybridized carbons (Fsp3) is 0.133. The molecule has 0 radical (unpaired) electrons. The molecule has 2 heterocycles. The van der Waals surface area contributed by atoms with Crippen LogP contribution in [0.15, 0.2) is 120 Å². The number of imide groups is 1. The maximum Gasteiger partial charge on any atom is 0.339 e. The van der Waals surface area contributed by atoms with Crippen LogP contribution in [0.25, 0.3) is 0 Å². The SMILES string of the molecule is O=C1C2ON(c3ccccc3)C(c3ccc(OS(=O)(=O)c4ccccc4)cc3)C2C(=O)N1Cc1ccccc1. The van der Waals surface area contributed by atoms with Crippen molar-refractivity contribution in [3.8, 4) is 5.75 Å². The van der Waals surface area contributed by atoms with Gasteiger partial charge in [0.1, 0.15) is 16.6 Å². The van der Waals surface area contributed by atoms with E-state index in [1.807, 2.05) is 60.7 Å². The number of fused-ring (bicyclic) bond motifs is 1. The van der Waals surface area contributed by atoms with Crippen LogP contribution in [0.4, 0.5) is 5.69 Å². The predicted octanol–water partition coefficient (Wildman–Crippen LogP) is 4.50. The second-order valence-corrected chi connectivity index (χ2v) is 10.9. The van der Waals surface area contributed by atoms with E-state index in [2.05, 4.69) is 0 Å². The van der Waals surface area contributed by atoms with Crippen molar-refractivity contribution in [2.45, 2.75) is 23.6 Å². The number of hydroxylamine groups is 1. The van der Waals surface area contributed by atoms with E-state index >= 15 is 0 Å². The number of benzene rings is 4.